The summed E-state index contributed by atoms with van der Waals surface area (Å²) in [7, 11) is 0. The zero-order chi connectivity index (χ0) is 20.7. The lowest BCUT2D eigenvalue weighted by Crippen LogP contribution is -2.39. The van der Waals surface area contributed by atoms with Crippen molar-refractivity contribution in [1.82, 2.24) is 0 Å². The monoisotopic (exact) mass is 400 g/mol. The second-order valence-corrected chi connectivity index (χ2v) is 7.12. The smallest absolute Gasteiger partial charge is 0.336 e. The first-order valence-electron chi connectivity index (χ1n) is 9.48. The number of hydrogen-bond acceptors (Lipinski definition) is 8. The van der Waals surface area contributed by atoms with Crippen LogP contribution in [-0.2, 0) is 14.3 Å². The number of allylic oxidation sites excluding steroid dienone is 1. The molecule has 9 nitrogen and oxygen atoms in total. The lowest BCUT2D eigenvalue weighted by molar-refractivity contribution is -0.385. The van der Waals surface area contributed by atoms with Gasteiger partial charge >= 0.3 is 5.97 Å². The normalized spacial score (nSPS) is 22.8. The van der Waals surface area contributed by atoms with Crippen LogP contribution in [0.25, 0.3) is 0 Å². The largest absolute Gasteiger partial charge is 0.463 e. The van der Waals surface area contributed by atoms with Crippen LogP contribution in [0.1, 0.15) is 44.6 Å². The van der Waals surface area contributed by atoms with E-state index in [1.54, 1.807) is 13.8 Å². The summed E-state index contributed by atoms with van der Waals surface area (Å²) in [5, 5.41) is 11.9. The Morgan fingerprint density at radius 3 is 2.69 bits per heavy atom. The van der Waals surface area contributed by atoms with Crippen LogP contribution >= 0.6 is 0 Å². The van der Waals surface area contributed by atoms with Gasteiger partial charge in [-0.15, -0.1) is 0 Å². The first-order chi connectivity index (χ1) is 13.9. The van der Waals surface area contributed by atoms with E-state index in [0.29, 0.717) is 36.4 Å². The third-order valence-electron chi connectivity index (χ3n) is 5.46. The molecule has 2 unspecified atom stereocenters. The van der Waals surface area contributed by atoms with Gasteiger partial charge in [0, 0.05) is 29.3 Å². The number of hydrogen-bond donors (Lipinski definition) is 0. The molecule has 29 heavy (non-hydrogen) atoms. The fourth-order valence-electron chi connectivity index (χ4n) is 4.28. The molecule has 1 aromatic carbocycles. The average molecular weight is 400 g/mol. The highest BCUT2D eigenvalue weighted by Crippen LogP contribution is 2.49. The topological polar surface area (TPSA) is 117 Å². The molecule has 0 amide bonds. The number of nitro benzene ring substituents is 1. The summed E-state index contributed by atoms with van der Waals surface area (Å²) in [6.07, 6.45) is 1.62. The first kappa shape index (κ1) is 19.1. The molecule has 0 saturated heterocycles. The maximum absolute atomic E-state index is 12.9. The molecule has 152 valence electrons. The van der Waals surface area contributed by atoms with Crippen molar-refractivity contribution in [2.75, 3.05) is 13.4 Å². The van der Waals surface area contributed by atoms with Gasteiger partial charge in [0.15, 0.2) is 11.5 Å². The van der Waals surface area contributed by atoms with Crippen LogP contribution < -0.4 is 9.47 Å². The highest BCUT2D eigenvalue weighted by molar-refractivity contribution is 6.11. The van der Waals surface area contributed by atoms with Gasteiger partial charge in [0.05, 0.1) is 29.1 Å². The number of ketones is 1. The van der Waals surface area contributed by atoms with E-state index in [-0.39, 0.29) is 41.8 Å². The zero-order valence-corrected chi connectivity index (χ0v) is 16.1. The quantitative estimate of drug-likeness (QED) is 0.433. The molecule has 0 bridgehead atoms. The number of ether oxygens (including phenoxy) is 3. The molecular formula is C20H20N2O7. The van der Waals surface area contributed by atoms with E-state index in [1.165, 1.54) is 12.1 Å². The van der Waals surface area contributed by atoms with Crippen molar-refractivity contribution in [3.63, 3.8) is 0 Å². The van der Waals surface area contributed by atoms with Crippen molar-refractivity contribution >= 4 is 23.2 Å². The van der Waals surface area contributed by atoms with Gasteiger partial charge in [0.1, 0.15) is 5.78 Å². The molecule has 2 heterocycles. The number of Topliss-reactive ketones (excluding diaryl/α,β-unsaturated/α-hetero) is 1. The Bertz CT molecular complexity index is 979. The lowest BCUT2D eigenvalue weighted by atomic mass is 9.69. The molecule has 9 heteroatoms. The minimum Gasteiger partial charge on any atom is -0.463 e. The number of nitrogens with zero attached hydrogens (tertiary/aromatic N) is 2. The van der Waals surface area contributed by atoms with Crippen molar-refractivity contribution in [3.8, 4) is 11.5 Å². The highest BCUT2D eigenvalue weighted by Gasteiger charge is 2.46. The number of carbonyl (C=O) groups is 2. The zero-order valence-electron chi connectivity index (χ0n) is 16.1. The number of rotatable bonds is 4. The van der Waals surface area contributed by atoms with E-state index in [0.717, 1.165) is 0 Å². The minimum atomic E-state index is -0.857. The van der Waals surface area contributed by atoms with Gasteiger partial charge in [-0.05, 0) is 32.8 Å². The van der Waals surface area contributed by atoms with E-state index in [4.69, 9.17) is 14.2 Å². The standard InChI is InChI=1S/C20H20N2O7/c1-3-27-20(24)17-10(2)21-12-5-4-6-14(23)19(12)18(17)11-7-15-16(29-9-28-15)8-13(11)22(25)26/h7-8,18-19H,3-6,9H2,1-2H3. The van der Waals surface area contributed by atoms with Gasteiger partial charge in [-0.25, -0.2) is 4.79 Å². The Balaban J connectivity index is 1.95. The Morgan fingerprint density at radius 2 is 2.00 bits per heavy atom. The second kappa shape index (κ2) is 7.31. The molecule has 0 aromatic heterocycles. The van der Waals surface area contributed by atoms with Crippen LogP contribution in [0, 0.1) is 16.0 Å². The maximum Gasteiger partial charge on any atom is 0.336 e. The third-order valence-corrected chi connectivity index (χ3v) is 5.46. The number of esters is 1. The summed E-state index contributed by atoms with van der Waals surface area (Å²) < 4.78 is 15.9. The molecule has 1 fully saturated rings. The number of benzene rings is 1. The van der Waals surface area contributed by atoms with Gasteiger partial charge in [-0.2, -0.15) is 0 Å². The Labute approximate surface area is 166 Å². The lowest BCUT2D eigenvalue weighted by Gasteiger charge is -2.35. The van der Waals surface area contributed by atoms with E-state index in [9.17, 15) is 19.7 Å². The molecule has 0 spiro atoms. The van der Waals surface area contributed by atoms with Gasteiger partial charge in [0.25, 0.3) is 5.69 Å². The van der Waals surface area contributed by atoms with E-state index in [2.05, 4.69) is 4.99 Å². The Morgan fingerprint density at radius 1 is 1.28 bits per heavy atom. The summed E-state index contributed by atoms with van der Waals surface area (Å²) in [6.45, 7) is 3.44. The minimum absolute atomic E-state index is 0.0464. The highest BCUT2D eigenvalue weighted by atomic mass is 16.7. The number of fused-ring (bicyclic) bond motifs is 2. The summed E-state index contributed by atoms with van der Waals surface area (Å²) in [4.78, 5) is 41.5. The van der Waals surface area contributed by atoms with Crippen LogP contribution in [0.15, 0.2) is 28.4 Å². The van der Waals surface area contributed by atoms with E-state index < -0.39 is 22.7 Å². The predicted octanol–water partition coefficient (Wildman–Crippen LogP) is 3.07. The molecule has 2 atom stereocenters. The average Bonchev–Trinajstić information content (AvgIpc) is 3.13. The molecular weight excluding hydrogens is 380 g/mol. The van der Waals surface area contributed by atoms with Crippen molar-refractivity contribution in [2.45, 2.75) is 39.0 Å². The molecule has 3 aliphatic rings. The first-order valence-corrected chi connectivity index (χ1v) is 9.48. The predicted molar refractivity (Wildman–Crippen MR) is 101 cm³/mol. The Hall–Kier alpha value is -3.23. The molecule has 0 radical (unpaired) electrons. The van der Waals surface area contributed by atoms with Gasteiger partial charge < -0.3 is 14.2 Å². The van der Waals surface area contributed by atoms with Gasteiger partial charge in [0.2, 0.25) is 6.79 Å². The van der Waals surface area contributed by atoms with Gasteiger partial charge in [-0.3, -0.25) is 19.9 Å². The second-order valence-electron chi connectivity index (χ2n) is 7.12. The third kappa shape index (κ3) is 3.16. The van der Waals surface area contributed by atoms with Crippen LogP contribution in [0.2, 0.25) is 0 Å². The molecule has 1 aromatic rings. The Kier molecular flexibility index (Phi) is 4.81. The fraction of sp³-hybridized carbons (Fsp3) is 0.450. The van der Waals surface area contributed by atoms with Crippen LogP contribution in [0.3, 0.4) is 0 Å². The van der Waals surface area contributed by atoms with Crippen molar-refractivity contribution < 1.29 is 28.7 Å². The molecule has 1 aliphatic carbocycles. The van der Waals surface area contributed by atoms with Gasteiger partial charge in [-0.1, -0.05) is 0 Å². The van der Waals surface area contributed by atoms with E-state index in [1.807, 2.05) is 0 Å². The fourth-order valence-corrected chi connectivity index (χ4v) is 4.28. The van der Waals surface area contributed by atoms with Crippen LogP contribution in [-0.4, -0.2) is 35.8 Å². The molecule has 2 aliphatic heterocycles. The molecule has 0 N–H and O–H groups in total. The van der Waals surface area contributed by atoms with Crippen molar-refractivity contribution in [1.29, 1.82) is 0 Å². The summed E-state index contributed by atoms with van der Waals surface area (Å²) in [5.74, 6) is -1.68. The number of carbonyl (C=O) groups excluding carboxylic acids is 2. The maximum atomic E-state index is 12.9. The summed E-state index contributed by atoms with van der Waals surface area (Å²) in [5.41, 5.74) is 1.26. The molecule has 1 saturated carbocycles. The van der Waals surface area contributed by atoms with Crippen molar-refractivity contribution in [2.24, 2.45) is 10.9 Å². The van der Waals surface area contributed by atoms with Crippen LogP contribution in [0.5, 0.6) is 11.5 Å². The van der Waals surface area contributed by atoms with E-state index >= 15 is 0 Å². The SMILES string of the molecule is CCOC(=O)C1=C(C)N=C2CCCC(=O)C2C1c1cc2c(cc1[N+](=O)[O-])OCO2. The number of nitro groups is 1. The summed E-state index contributed by atoms with van der Waals surface area (Å²) >= 11 is 0. The number of aliphatic imine (C=N–C) groups is 1. The van der Waals surface area contributed by atoms with Crippen molar-refractivity contribution in [3.05, 3.63) is 39.1 Å². The molecule has 4 rings (SSSR count). The summed E-state index contributed by atoms with van der Waals surface area (Å²) in [6, 6.07) is 2.79. The van der Waals surface area contributed by atoms with Crippen LogP contribution in [0.4, 0.5) is 5.69 Å².